The van der Waals surface area contributed by atoms with E-state index in [9.17, 15) is 14.5 Å². The van der Waals surface area contributed by atoms with Gasteiger partial charge in [-0.25, -0.2) is 0 Å². The quantitative estimate of drug-likeness (QED) is 0.223. The smallest absolute Gasteiger partial charge is 0.356 e. The number of benzene rings is 3. The zero-order chi connectivity index (χ0) is 29.0. The molecule has 2 N–H and O–H groups in total. The average Bonchev–Trinajstić information content (AvgIpc) is 3.68. The van der Waals surface area contributed by atoms with E-state index in [0.717, 1.165) is 49.2 Å². The normalized spacial score (nSPS) is 24.9. The lowest BCUT2D eigenvalue weighted by atomic mass is 9.89. The first-order chi connectivity index (χ1) is 20.3. The van der Waals surface area contributed by atoms with Crippen molar-refractivity contribution in [3.8, 4) is 0 Å². The maximum atomic E-state index is 13.5. The van der Waals surface area contributed by atoms with Gasteiger partial charge in [0, 0.05) is 34.5 Å². The maximum Gasteiger partial charge on any atom is 0.356 e. The van der Waals surface area contributed by atoms with Crippen molar-refractivity contribution in [1.82, 2.24) is 14.5 Å². The van der Waals surface area contributed by atoms with Gasteiger partial charge in [0.15, 0.2) is 5.72 Å². The van der Waals surface area contributed by atoms with Crippen LogP contribution in [-0.4, -0.2) is 51.9 Å². The van der Waals surface area contributed by atoms with Crippen LogP contribution in [0.2, 0.25) is 0 Å². The number of ether oxygens (including phenoxy) is 2. The maximum absolute atomic E-state index is 13.5. The number of nitrogens with zero attached hydrogens (tertiary/aromatic N) is 2. The Balaban J connectivity index is 1.50. The van der Waals surface area contributed by atoms with Crippen LogP contribution in [0.5, 0.6) is 0 Å². The average molecular weight is 590 g/mol. The van der Waals surface area contributed by atoms with E-state index in [1.807, 2.05) is 49.4 Å². The SMILES string of the molecule is CCOP(=O)(CO[C@]1(CO)C[C@H]2O[C@]1(C)n1c3ccccc3c3c4c(c5c6ccccc6n2c5c31)C(=O)NC4)OCC. The molecule has 2 bridgehead atoms. The molecule has 0 aliphatic carbocycles. The molecule has 3 aromatic carbocycles. The molecule has 11 heteroatoms. The Morgan fingerprint density at radius 1 is 1.02 bits per heavy atom. The first-order valence-corrected chi connectivity index (χ1v) is 16.1. The highest BCUT2D eigenvalue weighted by atomic mass is 31.2. The molecule has 0 unspecified atom stereocenters. The van der Waals surface area contributed by atoms with Gasteiger partial charge in [0.1, 0.15) is 18.2 Å². The van der Waals surface area contributed by atoms with Crippen LogP contribution >= 0.6 is 7.60 Å². The summed E-state index contributed by atoms with van der Waals surface area (Å²) in [4.78, 5) is 13.4. The van der Waals surface area contributed by atoms with E-state index >= 15 is 0 Å². The number of hydrogen-bond donors (Lipinski definition) is 2. The number of hydrogen-bond acceptors (Lipinski definition) is 7. The standard InChI is InChI=1S/C31H32N3O7P/c1-4-39-42(37,40-5-2)17-38-31(16-35)14-23-33-21-12-8-6-10-18(21)25-26-20(15-32-29(26)36)24-19-11-7-9-13-22(19)34(28(24)27(25)33)30(31,3)41-23/h6-13,23,35H,4-5,14-17H2,1-3H3,(H,32,36)/t23-,30+,31+/m1/s1. The van der Waals surface area contributed by atoms with Crippen molar-refractivity contribution in [1.29, 1.82) is 0 Å². The predicted molar refractivity (Wildman–Crippen MR) is 159 cm³/mol. The summed E-state index contributed by atoms with van der Waals surface area (Å²) in [5.41, 5.74) is 2.78. The summed E-state index contributed by atoms with van der Waals surface area (Å²) >= 11 is 0. The van der Waals surface area contributed by atoms with Crippen molar-refractivity contribution in [3.05, 3.63) is 59.7 Å². The molecule has 2 aromatic heterocycles. The van der Waals surface area contributed by atoms with Crippen LogP contribution in [0, 0.1) is 0 Å². The van der Waals surface area contributed by atoms with Gasteiger partial charge in [0.2, 0.25) is 0 Å². The first kappa shape index (κ1) is 26.4. The van der Waals surface area contributed by atoms with Crippen LogP contribution in [-0.2, 0) is 35.4 Å². The number of aliphatic hydroxyl groups is 1. The van der Waals surface area contributed by atoms with E-state index in [2.05, 4.69) is 20.5 Å². The number of para-hydroxylation sites is 2. The molecule has 10 nitrogen and oxygen atoms in total. The van der Waals surface area contributed by atoms with E-state index in [1.54, 1.807) is 13.8 Å². The number of carbonyl (C=O) groups is 1. The Hall–Kier alpha value is -3.24. The molecule has 1 fully saturated rings. The van der Waals surface area contributed by atoms with Gasteiger partial charge in [-0.1, -0.05) is 36.4 Å². The first-order valence-electron chi connectivity index (χ1n) is 14.4. The van der Waals surface area contributed by atoms with E-state index < -0.39 is 31.8 Å². The van der Waals surface area contributed by atoms with E-state index in [-0.39, 0.29) is 31.9 Å². The summed E-state index contributed by atoms with van der Waals surface area (Å²) in [6.07, 6.45) is -0.615. The summed E-state index contributed by atoms with van der Waals surface area (Å²) in [5.74, 6) is -0.0798. The lowest BCUT2D eigenvalue weighted by molar-refractivity contribution is -0.206. The van der Waals surface area contributed by atoms with Crippen molar-refractivity contribution in [2.45, 2.75) is 51.3 Å². The van der Waals surface area contributed by atoms with Crippen LogP contribution in [0.15, 0.2) is 48.5 Å². The van der Waals surface area contributed by atoms with E-state index in [1.165, 1.54) is 0 Å². The third-order valence-corrected chi connectivity index (χ3v) is 11.1. The molecule has 5 aromatic rings. The van der Waals surface area contributed by atoms with Crippen molar-refractivity contribution < 1.29 is 33.0 Å². The molecule has 3 aliphatic rings. The van der Waals surface area contributed by atoms with Gasteiger partial charge in [0.25, 0.3) is 5.91 Å². The van der Waals surface area contributed by atoms with Crippen molar-refractivity contribution in [2.75, 3.05) is 26.2 Å². The van der Waals surface area contributed by atoms with Crippen LogP contribution in [0.3, 0.4) is 0 Å². The predicted octanol–water partition coefficient (Wildman–Crippen LogP) is 5.72. The Bertz CT molecular complexity index is 2000. The van der Waals surface area contributed by atoms with Crippen LogP contribution in [0.1, 0.15) is 49.3 Å². The molecule has 42 heavy (non-hydrogen) atoms. The Kier molecular flexibility index (Phi) is 5.59. The molecule has 218 valence electrons. The van der Waals surface area contributed by atoms with Crippen LogP contribution in [0.25, 0.3) is 43.6 Å². The van der Waals surface area contributed by atoms with Crippen molar-refractivity contribution >= 4 is 57.1 Å². The minimum absolute atomic E-state index is 0.0798. The lowest BCUT2D eigenvalue weighted by Gasteiger charge is -2.42. The van der Waals surface area contributed by atoms with Gasteiger partial charge < -0.3 is 38.1 Å². The van der Waals surface area contributed by atoms with E-state index in [0.29, 0.717) is 12.1 Å². The van der Waals surface area contributed by atoms with Gasteiger partial charge in [-0.15, -0.1) is 0 Å². The van der Waals surface area contributed by atoms with Gasteiger partial charge in [-0.3, -0.25) is 9.36 Å². The highest BCUT2D eigenvalue weighted by Gasteiger charge is 2.63. The fourth-order valence-electron chi connectivity index (χ4n) is 7.66. The van der Waals surface area contributed by atoms with E-state index in [4.69, 9.17) is 18.5 Å². The fourth-order valence-corrected chi connectivity index (χ4v) is 9.08. The Labute approximate surface area is 241 Å². The number of fused-ring (bicyclic) bond motifs is 13. The summed E-state index contributed by atoms with van der Waals surface area (Å²) in [7, 11) is -3.60. The van der Waals surface area contributed by atoms with Crippen molar-refractivity contribution in [3.63, 3.8) is 0 Å². The minimum atomic E-state index is -3.60. The van der Waals surface area contributed by atoms with Gasteiger partial charge >= 0.3 is 7.60 Å². The monoisotopic (exact) mass is 589 g/mol. The molecular weight excluding hydrogens is 557 g/mol. The highest BCUT2D eigenvalue weighted by molar-refractivity contribution is 7.53. The number of aliphatic hydroxyl groups excluding tert-OH is 1. The van der Waals surface area contributed by atoms with Gasteiger partial charge in [0.05, 0.1) is 47.5 Å². The molecule has 3 atom stereocenters. The molecule has 0 saturated carbocycles. The molecule has 3 aliphatic heterocycles. The number of carbonyl (C=O) groups excluding carboxylic acids is 1. The topological polar surface area (TPSA) is 113 Å². The lowest BCUT2D eigenvalue weighted by Crippen LogP contribution is -2.55. The minimum Gasteiger partial charge on any atom is -0.393 e. The number of aromatic nitrogens is 2. The van der Waals surface area contributed by atoms with Gasteiger partial charge in [-0.05, 0) is 38.5 Å². The van der Waals surface area contributed by atoms with Crippen LogP contribution in [0.4, 0.5) is 0 Å². The highest BCUT2D eigenvalue weighted by Crippen LogP contribution is 2.60. The molecule has 1 saturated heterocycles. The molecule has 0 radical (unpaired) electrons. The summed E-state index contributed by atoms with van der Waals surface area (Å²) < 4.78 is 42.5. The third kappa shape index (κ3) is 3.12. The molecule has 1 amide bonds. The molecule has 0 spiro atoms. The second-order valence-electron chi connectivity index (χ2n) is 11.4. The molecular formula is C31H32N3O7P. The number of rotatable bonds is 8. The second kappa shape index (κ2) is 8.89. The summed E-state index contributed by atoms with van der Waals surface area (Å²) in [6, 6.07) is 16.1. The third-order valence-electron chi connectivity index (χ3n) is 9.35. The van der Waals surface area contributed by atoms with Gasteiger partial charge in [-0.2, -0.15) is 0 Å². The zero-order valence-electron chi connectivity index (χ0n) is 23.7. The molecule has 5 heterocycles. The second-order valence-corrected chi connectivity index (χ2v) is 13.4. The summed E-state index contributed by atoms with van der Waals surface area (Å²) in [6.45, 7) is 5.86. The zero-order valence-corrected chi connectivity index (χ0v) is 24.6. The Morgan fingerprint density at radius 2 is 1.69 bits per heavy atom. The number of nitrogens with one attached hydrogen (secondary N) is 1. The fraction of sp³-hybridized carbons (Fsp3) is 0.387. The summed E-state index contributed by atoms with van der Waals surface area (Å²) in [5, 5.41) is 18.1. The molecule has 8 rings (SSSR count). The van der Waals surface area contributed by atoms with Crippen LogP contribution < -0.4 is 5.32 Å². The van der Waals surface area contributed by atoms with Crippen molar-refractivity contribution in [2.24, 2.45) is 0 Å². The Morgan fingerprint density at radius 3 is 2.38 bits per heavy atom. The largest absolute Gasteiger partial charge is 0.393 e. The number of amides is 1.